The van der Waals surface area contributed by atoms with Gasteiger partial charge in [-0.2, -0.15) is 5.10 Å². The first-order chi connectivity index (χ1) is 9.70. The number of aryl methyl sites for hydroxylation is 3. The van der Waals surface area contributed by atoms with Crippen molar-refractivity contribution in [3.63, 3.8) is 0 Å². The van der Waals surface area contributed by atoms with Gasteiger partial charge in [-0.25, -0.2) is 9.98 Å². The molecule has 0 aliphatic heterocycles. The van der Waals surface area contributed by atoms with Crippen LogP contribution in [-0.2, 0) is 26.4 Å². The van der Waals surface area contributed by atoms with Gasteiger partial charge in [-0.1, -0.05) is 6.07 Å². The van der Waals surface area contributed by atoms with Gasteiger partial charge >= 0.3 is 0 Å². The lowest BCUT2D eigenvalue weighted by Gasteiger charge is -2.07. The molecule has 1 aliphatic carbocycles. The number of nitrogens with one attached hydrogen (secondary N) is 1. The number of anilines is 1. The Morgan fingerprint density at radius 1 is 1.40 bits per heavy atom. The minimum atomic E-state index is 0.380. The maximum absolute atomic E-state index is 5.88. The molecule has 0 bridgehead atoms. The Labute approximate surface area is 117 Å². The van der Waals surface area contributed by atoms with Gasteiger partial charge < -0.3 is 11.1 Å². The molecule has 1 aliphatic rings. The average molecular weight is 270 g/mol. The molecule has 1 aromatic carbocycles. The maximum atomic E-state index is 5.88. The lowest BCUT2D eigenvalue weighted by Crippen LogP contribution is -2.22. The molecule has 6 heteroatoms. The standard InChI is InChI=1S/C14H18N6/c1-20-9-17-13(19-20)8-16-14(15)18-12-6-5-10-3-2-4-11(10)7-12/h5-7,9H,2-4,8H2,1H3,(H3,15,16,18). The third-order valence-electron chi connectivity index (χ3n) is 3.41. The number of aliphatic imine (C=N–C) groups is 1. The zero-order valence-corrected chi connectivity index (χ0v) is 11.5. The van der Waals surface area contributed by atoms with Crippen LogP contribution in [0.5, 0.6) is 0 Å². The van der Waals surface area contributed by atoms with Crippen LogP contribution in [0.25, 0.3) is 0 Å². The lowest BCUT2D eigenvalue weighted by atomic mass is 10.1. The molecule has 20 heavy (non-hydrogen) atoms. The van der Waals surface area contributed by atoms with E-state index in [9.17, 15) is 0 Å². The van der Waals surface area contributed by atoms with Crippen LogP contribution in [0.1, 0.15) is 23.4 Å². The van der Waals surface area contributed by atoms with E-state index >= 15 is 0 Å². The first kappa shape index (κ1) is 12.7. The molecule has 2 aromatic rings. The number of rotatable bonds is 3. The van der Waals surface area contributed by atoms with Crippen molar-refractivity contribution in [1.29, 1.82) is 0 Å². The van der Waals surface area contributed by atoms with E-state index in [1.807, 2.05) is 13.1 Å². The predicted molar refractivity (Wildman–Crippen MR) is 78.4 cm³/mol. The van der Waals surface area contributed by atoms with Gasteiger partial charge in [0.2, 0.25) is 0 Å². The highest BCUT2D eigenvalue weighted by molar-refractivity contribution is 5.92. The zero-order chi connectivity index (χ0) is 13.9. The molecule has 104 valence electrons. The van der Waals surface area contributed by atoms with Gasteiger partial charge in [-0.15, -0.1) is 0 Å². The average Bonchev–Trinajstić information content (AvgIpc) is 3.04. The summed E-state index contributed by atoms with van der Waals surface area (Å²) in [6, 6.07) is 6.37. The van der Waals surface area contributed by atoms with E-state index in [0.717, 1.165) is 12.1 Å². The first-order valence-corrected chi connectivity index (χ1v) is 6.74. The van der Waals surface area contributed by atoms with Crippen LogP contribution in [0.2, 0.25) is 0 Å². The topological polar surface area (TPSA) is 81.1 Å². The van der Waals surface area contributed by atoms with Gasteiger partial charge in [0.1, 0.15) is 12.9 Å². The van der Waals surface area contributed by atoms with Crippen molar-refractivity contribution < 1.29 is 0 Å². The summed E-state index contributed by atoms with van der Waals surface area (Å²) in [5.74, 6) is 1.04. The van der Waals surface area contributed by atoms with Crippen molar-refractivity contribution in [3.05, 3.63) is 41.5 Å². The number of guanidine groups is 1. The Balaban J connectivity index is 1.64. The fraction of sp³-hybridized carbons (Fsp3) is 0.357. The molecule has 1 aromatic heterocycles. The van der Waals surface area contributed by atoms with Crippen LogP contribution in [0.4, 0.5) is 5.69 Å². The van der Waals surface area contributed by atoms with Crippen LogP contribution < -0.4 is 11.1 Å². The van der Waals surface area contributed by atoms with E-state index in [4.69, 9.17) is 5.73 Å². The van der Waals surface area contributed by atoms with Crippen molar-refractivity contribution in [1.82, 2.24) is 14.8 Å². The van der Waals surface area contributed by atoms with E-state index in [0.29, 0.717) is 18.3 Å². The number of nitrogens with two attached hydrogens (primary N) is 1. The normalized spacial score (nSPS) is 14.3. The van der Waals surface area contributed by atoms with Gasteiger partial charge in [0.05, 0.1) is 0 Å². The predicted octanol–water partition coefficient (Wildman–Crippen LogP) is 1.23. The SMILES string of the molecule is Cn1cnc(CN=C(N)Nc2ccc3c(c2)CCC3)n1. The van der Waals surface area contributed by atoms with Gasteiger partial charge in [0, 0.05) is 12.7 Å². The molecule has 0 saturated heterocycles. The summed E-state index contributed by atoms with van der Waals surface area (Å²) in [7, 11) is 1.83. The Hall–Kier alpha value is -2.37. The highest BCUT2D eigenvalue weighted by Gasteiger charge is 2.10. The Bertz CT molecular complexity index is 643. The third-order valence-corrected chi connectivity index (χ3v) is 3.41. The quantitative estimate of drug-likeness (QED) is 0.649. The molecule has 3 rings (SSSR count). The van der Waals surface area contributed by atoms with Crippen molar-refractivity contribution in [2.75, 3.05) is 5.32 Å². The molecule has 0 spiro atoms. The zero-order valence-electron chi connectivity index (χ0n) is 11.5. The molecule has 3 N–H and O–H groups in total. The van der Waals surface area contributed by atoms with Crippen molar-refractivity contribution in [3.8, 4) is 0 Å². The highest BCUT2D eigenvalue weighted by atomic mass is 15.3. The van der Waals surface area contributed by atoms with Crippen LogP contribution >= 0.6 is 0 Å². The van der Waals surface area contributed by atoms with Crippen LogP contribution in [-0.4, -0.2) is 20.7 Å². The molecule has 0 fully saturated rings. The molecular formula is C14H18N6. The van der Waals surface area contributed by atoms with Gasteiger partial charge in [0.25, 0.3) is 0 Å². The Kier molecular flexibility index (Phi) is 3.37. The summed E-state index contributed by atoms with van der Waals surface area (Å²) in [6.45, 7) is 0.380. The van der Waals surface area contributed by atoms with Crippen molar-refractivity contribution >= 4 is 11.6 Å². The van der Waals surface area contributed by atoms with Gasteiger partial charge in [-0.3, -0.25) is 4.68 Å². The van der Waals surface area contributed by atoms with E-state index < -0.39 is 0 Å². The van der Waals surface area contributed by atoms with Crippen molar-refractivity contribution in [2.45, 2.75) is 25.8 Å². The maximum Gasteiger partial charge on any atom is 0.193 e. The second-order valence-corrected chi connectivity index (χ2v) is 5.00. The van der Waals surface area contributed by atoms with Crippen LogP contribution in [0.15, 0.2) is 29.5 Å². The summed E-state index contributed by atoms with van der Waals surface area (Å²) >= 11 is 0. The Morgan fingerprint density at radius 3 is 3.05 bits per heavy atom. The molecular weight excluding hydrogens is 252 g/mol. The van der Waals surface area contributed by atoms with E-state index in [1.54, 1.807) is 11.0 Å². The summed E-state index contributed by atoms with van der Waals surface area (Å²) < 4.78 is 1.65. The van der Waals surface area contributed by atoms with E-state index in [-0.39, 0.29) is 0 Å². The first-order valence-electron chi connectivity index (χ1n) is 6.74. The fourth-order valence-corrected chi connectivity index (χ4v) is 2.45. The Morgan fingerprint density at radius 2 is 2.25 bits per heavy atom. The summed E-state index contributed by atoms with van der Waals surface area (Å²) in [6.07, 6.45) is 5.23. The molecule has 6 nitrogen and oxygen atoms in total. The molecule has 0 amide bonds. The number of benzene rings is 1. The third kappa shape index (κ3) is 2.79. The number of aromatic nitrogens is 3. The van der Waals surface area contributed by atoms with Crippen molar-refractivity contribution in [2.24, 2.45) is 17.8 Å². The minimum Gasteiger partial charge on any atom is -0.370 e. The van der Waals surface area contributed by atoms with Gasteiger partial charge in [-0.05, 0) is 42.5 Å². The summed E-state index contributed by atoms with van der Waals surface area (Å²) in [5.41, 5.74) is 9.73. The number of fused-ring (bicyclic) bond motifs is 1. The summed E-state index contributed by atoms with van der Waals surface area (Å²) in [5, 5.41) is 7.27. The highest BCUT2D eigenvalue weighted by Crippen LogP contribution is 2.24. The lowest BCUT2D eigenvalue weighted by molar-refractivity contribution is 0.742. The molecule has 1 heterocycles. The molecule has 0 radical (unpaired) electrons. The van der Waals surface area contributed by atoms with E-state index in [1.165, 1.54) is 24.0 Å². The molecule has 0 saturated carbocycles. The molecule has 0 unspecified atom stereocenters. The number of hydrogen-bond donors (Lipinski definition) is 2. The second-order valence-electron chi connectivity index (χ2n) is 5.00. The van der Waals surface area contributed by atoms with Crippen LogP contribution in [0, 0.1) is 0 Å². The summed E-state index contributed by atoms with van der Waals surface area (Å²) in [4.78, 5) is 8.34. The largest absolute Gasteiger partial charge is 0.370 e. The monoisotopic (exact) mass is 270 g/mol. The van der Waals surface area contributed by atoms with Crippen LogP contribution in [0.3, 0.4) is 0 Å². The minimum absolute atomic E-state index is 0.380. The van der Waals surface area contributed by atoms with Gasteiger partial charge in [0.15, 0.2) is 11.8 Å². The molecule has 0 atom stereocenters. The fourth-order valence-electron chi connectivity index (χ4n) is 2.45. The second kappa shape index (κ2) is 5.32. The smallest absolute Gasteiger partial charge is 0.193 e. The number of hydrogen-bond acceptors (Lipinski definition) is 3. The van der Waals surface area contributed by atoms with E-state index in [2.05, 4.69) is 32.5 Å². The number of nitrogens with zero attached hydrogens (tertiary/aromatic N) is 4.